The van der Waals surface area contributed by atoms with E-state index in [9.17, 15) is 18.0 Å². The number of rotatable bonds is 2. The number of carbonyl (C=O) groups excluding carboxylic acids is 2. The van der Waals surface area contributed by atoms with E-state index in [2.05, 4.69) is 5.10 Å². The van der Waals surface area contributed by atoms with Crippen LogP contribution in [0, 0.1) is 6.92 Å². The fraction of sp³-hybridized carbons (Fsp3) is 0.312. The summed E-state index contributed by atoms with van der Waals surface area (Å²) >= 11 is 0. The molecule has 0 bridgehead atoms. The van der Waals surface area contributed by atoms with E-state index >= 15 is 0 Å². The molecular weight excluding hydrogens is 346 g/mol. The largest absolute Gasteiger partial charge is 0.404 e. The number of fused-ring (bicyclic) bond motifs is 1. The third-order valence-corrected chi connectivity index (χ3v) is 6.26. The Morgan fingerprint density at radius 3 is 2.52 bits per heavy atom. The average molecular weight is 363 g/mol. The lowest BCUT2D eigenvalue weighted by Crippen LogP contribution is -2.44. The van der Waals surface area contributed by atoms with Crippen molar-refractivity contribution in [2.75, 3.05) is 11.4 Å². The molecule has 8 nitrogen and oxygen atoms in total. The fourth-order valence-electron chi connectivity index (χ4n) is 2.69. The van der Waals surface area contributed by atoms with Crippen molar-refractivity contribution in [1.82, 2.24) is 9.78 Å². The summed E-state index contributed by atoms with van der Waals surface area (Å²) in [4.78, 5) is 24.6. The Hall–Kier alpha value is -2.68. The summed E-state index contributed by atoms with van der Waals surface area (Å²) in [6.45, 7) is 3.12. The lowest BCUT2D eigenvalue weighted by Gasteiger charge is -2.30. The molecule has 132 valence electrons. The van der Waals surface area contributed by atoms with Crippen LogP contribution in [-0.4, -0.2) is 42.2 Å². The summed E-state index contributed by atoms with van der Waals surface area (Å²) in [7, 11) is -0.790. The minimum atomic E-state index is -3.79. The number of ketones is 1. The van der Waals surface area contributed by atoms with Crippen LogP contribution in [0.4, 0.5) is 5.69 Å². The average Bonchev–Trinajstić information content (AvgIpc) is 2.88. The molecule has 0 saturated heterocycles. The number of esters is 1. The molecule has 2 aromatic rings. The number of aromatic nitrogens is 2. The number of carbonyl (C=O) groups is 2. The Morgan fingerprint density at radius 1 is 1.24 bits per heavy atom. The second kappa shape index (κ2) is 5.69. The molecule has 1 aromatic heterocycles. The van der Waals surface area contributed by atoms with Gasteiger partial charge in [-0.05, 0) is 32.0 Å². The van der Waals surface area contributed by atoms with Crippen LogP contribution in [-0.2, 0) is 17.1 Å². The summed E-state index contributed by atoms with van der Waals surface area (Å²) in [5, 5.41) is 2.93. The molecule has 2 heterocycles. The van der Waals surface area contributed by atoms with Gasteiger partial charge in [-0.15, -0.1) is 0 Å². The number of hydrogen-bond acceptors (Lipinski definition) is 6. The van der Waals surface area contributed by atoms with Crippen LogP contribution in [0.3, 0.4) is 0 Å². The number of ether oxygens (including phenoxy) is 1. The molecule has 0 radical (unpaired) electrons. The molecule has 0 fully saturated rings. The Bertz CT molecular complexity index is 993. The van der Waals surface area contributed by atoms with Gasteiger partial charge in [0.1, 0.15) is 5.25 Å². The Kier molecular flexibility index (Phi) is 3.91. The highest BCUT2D eigenvalue weighted by Gasteiger charge is 2.40. The third-order valence-electron chi connectivity index (χ3n) is 4.19. The van der Waals surface area contributed by atoms with Gasteiger partial charge in [0.2, 0.25) is 15.9 Å². The second-order valence-electron chi connectivity index (χ2n) is 5.89. The Morgan fingerprint density at radius 2 is 1.92 bits per heavy atom. The van der Waals surface area contributed by atoms with Crippen LogP contribution in [0.25, 0.3) is 0 Å². The molecular formula is C16H17N3O5S. The van der Waals surface area contributed by atoms with Crippen LogP contribution in [0.1, 0.15) is 33.3 Å². The van der Waals surface area contributed by atoms with Crippen LogP contribution < -0.4 is 9.04 Å². The van der Waals surface area contributed by atoms with Crippen molar-refractivity contribution in [1.29, 1.82) is 0 Å². The zero-order valence-electron chi connectivity index (χ0n) is 14.2. The van der Waals surface area contributed by atoms with Gasteiger partial charge in [-0.2, -0.15) is 5.10 Å². The molecule has 25 heavy (non-hydrogen) atoms. The zero-order chi connectivity index (χ0) is 18.5. The minimum absolute atomic E-state index is 0.141. The number of benzene rings is 1. The van der Waals surface area contributed by atoms with E-state index in [0.29, 0.717) is 5.69 Å². The van der Waals surface area contributed by atoms with E-state index in [-0.39, 0.29) is 22.7 Å². The second-order valence-corrected chi connectivity index (χ2v) is 8.17. The Labute approximate surface area is 145 Å². The van der Waals surface area contributed by atoms with Gasteiger partial charge in [-0.1, -0.05) is 0 Å². The highest BCUT2D eigenvalue weighted by molar-refractivity contribution is 7.94. The van der Waals surface area contributed by atoms with E-state index in [1.807, 2.05) is 0 Å². The molecule has 1 unspecified atom stereocenters. The smallest absolute Gasteiger partial charge is 0.344 e. The van der Waals surface area contributed by atoms with Crippen molar-refractivity contribution < 1.29 is 22.7 Å². The van der Waals surface area contributed by atoms with Gasteiger partial charge in [0.25, 0.3) is 0 Å². The number of anilines is 1. The predicted molar refractivity (Wildman–Crippen MR) is 90.5 cm³/mol. The lowest BCUT2D eigenvalue weighted by atomic mass is 10.0. The standard InChI is InChI=1S/C16H17N3O5S/c1-9-7-14(18(3)17-9)24-16(21)11-5-6-12-13(8-11)19(4)25(22,23)10(2)15(12)20/h5-8,10H,1-4H3. The van der Waals surface area contributed by atoms with Crippen molar-refractivity contribution in [2.24, 2.45) is 7.05 Å². The van der Waals surface area contributed by atoms with E-state index in [1.54, 1.807) is 20.0 Å². The van der Waals surface area contributed by atoms with Gasteiger partial charge in [0, 0.05) is 25.7 Å². The van der Waals surface area contributed by atoms with Crippen molar-refractivity contribution in [3.63, 3.8) is 0 Å². The van der Waals surface area contributed by atoms with Gasteiger partial charge in [0.05, 0.1) is 16.9 Å². The molecule has 0 N–H and O–H groups in total. The predicted octanol–water partition coefficient (Wildman–Crippen LogP) is 1.30. The number of hydrogen-bond donors (Lipinski definition) is 0. The number of nitrogens with zero attached hydrogens (tertiary/aromatic N) is 3. The molecule has 9 heteroatoms. The third kappa shape index (κ3) is 2.70. The first-order chi connectivity index (χ1) is 11.6. The molecule has 0 aliphatic carbocycles. The summed E-state index contributed by atoms with van der Waals surface area (Å²) < 4.78 is 32.3. The quantitative estimate of drug-likeness (QED) is 0.746. The first-order valence-corrected chi connectivity index (χ1v) is 9.02. The first-order valence-electron chi connectivity index (χ1n) is 7.51. The van der Waals surface area contributed by atoms with E-state index < -0.39 is 27.0 Å². The minimum Gasteiger partial charge on any atom is -0.404 e. The lowest BCUT2D eigenvalue weighted by molar-refractivity contribution is 0.0719. The highest BCUT2D eigenvalue weighted by Crippen LogP contribution is 2.32. The van der Waals surface area contributed by atoms with Crippen molar-refractivity contribution in [3.05, 3.63) is 41.1 Å². The maximum absolute atomic E-state index is 12.4. The maximum atomic E-state index is 12.4. The van der Waals surface area contributed by atoms with Gasteiger partial charge in [-0.3, -0.25) is 9.10 Å². The van der Waals surface area contributed by atoms with Gasteiger partial charge < -0.3 is 4.74 Å². The topological polar surface area (TPSA) is 98.6 Å². The summed E-state index contributed by atoms with van der Waals surface area (Å²) in [6.07, 6.45) is 0. The van der Waals surface area contributed by atoms with Crippen LogP contribution in [0.2, 0.25) is 0 Å². The molecule has 1 aromatic carbocycles. The van der Waals surface area contributed by atoms with E-state index in [0.717, 1.165) is 4.31 Å². The highest BCUT2D eigenvalue weighted by atomic mass is 32.2. The molecule has 3 rings (SSSR count). The summed E-state index contributed by atoms with van der Waals surface area (Å²) in [5.41, 5.74) is 1.26. The first kappa shape index (κ1) is 17.2. The number of aryl methyl sites for hydroxylation is 2. The van der Waals surface area contributed by atoms with E-state index in [4.69, 9.17) is 4.74 Å². The molecule has 1 aliphatic heterocycles. The molecule has 1 atom stereocenters. The number of sulfonamides is 1. The SMILES string of the molecule is Cc1cc(OC(=O)c2ccc3c(c2)N(C)S(=O)(=O)C(C)C3=O)n(C)n1. The molecule has 0 amide bonds. The van der Waals surface area contributed by atoms with Crippen molar-refractivity contribution in [2.45, 2.75) is 19.1 Å². The van der Waals surface area contributed by atoms with Crippen LogP contribution in [0.5, 0.6) is 5.88 Å². The zero-order valence-corrected chi connectivity index (χ0v) is 15.0. The summed E-state index contributed by atoms with van der Waals surface area (Å²) in [6, 6.07) is 5.85. The van der Waals surface area contributed by atoms with Gasteiger partial charge >= 0.3 is 5.97 Å². The van der Waals surface area contributed by atoms with Crippen LogP contribution in [0.15, 0.2) is 24.3 Å². The normalized spacial score (nSPS) is 18.8. The maximum Gasteiger partial charge on any atom is 0.344 e. The van der Waals surface area contributed by atoms with Gasteiger partial charge in [-0.25, -0.2) is 17.9 Å². The van der Waals surface area contributed by atoms with E-state index in [1.165, 1.54) is 36.9 Å². The monoisotopic (exact) mass is 363 g/mol. The molecule has 0 spiro atoms. The number of Topliss-reactive ketones (excluding diaryl/α,β-unsaturated/α-hetero) is 1. The summed E-state index contributed by atoms with van der Waals surface area (Å²) in [5.74, 6) is -0.885. The molecule has 1 aliphatic rings. The van der Waals surface area contributed by atoms with Gasteiger partial charge in [0.15, 0.2) is 5.78 Å². The van der Waals surface area contributed by atoms with Crippen LogP contribution >= 0.6 is 0 Å². The Balaban J connectivity index is 1.99. The molecule has 0 saturated carbocycles. The van der Waals surface area contributed by atoms with Crippen molar-refractivity contribution in [3.8, 4) is 5.88 Å². The fourth-order valence-corrected chi connectivity index (χ4v) is 3.99. The van der Waals surface area contributed by atoms with Crippen molar-refractivity contribution >= 4 is 27.5 Å².